The van der Waals surface area contributed by atoms with E-state index in [1.54, 1.807) is 25.1 Å². The number of halogens is 1. The first-order valence-electron chi connectivity index (χ1n) is 12.4. The van der Waals surface area contributed by atoms with Crippen LogP contribution in [0.5, 0.6) is 0 Å². The molecule has 0 aliphatic carbocycles. The lowest BCUT2D eigenvalue weighted by atomic mass is 10.0. The molecule has 38 heavy (non-hydrogen) atoms. The number of rotatable bonds is 11. The van der Waals surface area contributed by atoms with Crippen molar-refractivity contribution in [1.29, 1.82) is 0 Å². The van der Waals surface area contributed by atoms with Crippen LogP contribution in [0.25, 0.3) is 0 Å². The van der Waals surface area contributed by atoms with Gasteiger partial charge >= 0.3 is 0 Å². The minimum atomic E-state index is -3.85. The molecule has 0 aromatic heterocycles. The number of nitrogens with zero attached hydrogens (tertiary/aromatic N) is 2. The molecule has 3 aromatic rings. The number of sulfonamides is 1. The number of likely N-dealkylation sites (N-methyl/N-ethyl adjacent to an activating group) is 1. The van der Waals surface area contributed by atoms with Crippen molar-refractivity contribution in [2.75, 3.05) is 23.7 Å². The van der Waals surface area contributed by atoms with E-state index in [0.29, 0.717) is 22.8 Å². The van der Waals surface area contributed by atoms with Gasteiger partial charge in [0.1, 0.15) is 12.6 Å². The highest BCUT2D eigenvalue weighted by atomic mass is 35.5. The Morgan fingerprint density at radius 3 is 2.24 bits per heavy atom. The first-order chi connectivity index (χ1) is 18.0. The van der Waals surface area contributed by atoms with E-state index in [9.17, 15) is 18.0 Å². The third kappa shape index (κ3) is 7.58. The molecule has 0 bridgehead atoms. The highest BCUT2D eigenvalue weighted by molar-refractivity contribution is 7.92. The van der Waals surface area contributed by atoms with E-state index < -0.39 is 28.5 Å². The van der Waals surface area contributed by atoms with E-state index in [1.165, 1.54) is 4.90 Å². The molecule has 1 N–H and O–H groups in total. The molecule has 0 saturated carbocycles. The average Bonchev–Trinajstić information content (AvgIpc) is 2.86. The van der Waals surface area contributed by atoms with Crippen LogP contribution in [-0.4, -0.2) is 50.5 Å². The molecule has 7 nitrogen and oxygen atoms in total. The van der Waals surface area contributed by atoms with E-state index in [-0.39, 0.29) is 18.9 Å². The zero-order valence-electron chi connectivity index (χ0n) is 22.1. The molecule has 0 radical (unpaired) electrons. The van der Waals surface area contributed by atoms with Gasteiger partial charge in [-0.2, -0.15) is 0 Å². The van der Waals surface area contributed by atoms with Gasteiger partial charge in [-0.3, -0.25) is 13.9 Å². The van der Waals surface area contributed by atoms with Crippen molar-refractivity contribution in [2.24, 2.45) is 0 Å². The van der Waals surface area contributed by atoms with Crippen LogP contribution in [0.2, 0.25) is 5.02 Å². The molecule has 0 aliphatic rings. The highest BCUT2D eigenvalue weighted by Crippen LogP contribution is 2.28. The molecule has 0 heterocycles. The second kappa shape index (κ2) is 12.9. The smallest absolute Gasteiger partial charge is 0.244 e. The zero-order valence-corrected chi connectivity index (χ0v) is 23.7. The molecule has 0 saturated heterocycles. The monoisotopic (exact) mass is 555 g/mol. The summed E-state index contributed by atoms with van der Waals surface area (Å²) in [6, 6.07) is 21.2. The molecule has 0 fully saturated rings. The fourth-order valence-electron chi connectivity index (χ4n) is 4.31. The molecule has 202 valence electrons. The Morgan fingerprint density at radius 2 is 1.61 bits per heavy atom. The van der Waals surface area contributed by atoms with Crippen molar-refractivity contribution < 1.29 is 18.0 Å². The molecular formula is C29H34ClN3O4S. The molecule has 3 aromatic carbocycles. The van der Waals surface area contributed by atoms with Gasteiger partial charge < -0.3 is 10.2 Å². The van der Waals surface area contributed by atoms with Crippen molar-refractivity contribution in [3.8, 4) is 0 Å². The first-order valence-corrected chi connectivity index (χ1v) is 14.6. The summed E-state index contributed by atoms with van der Waals surface area (Å²) in [6.45, 7) is 5.54. The minimum Gasteiger partial charge on any atom is -0.355 e. The lowest BCUT2D eigenvalue weighted by Gasteiger charge is -2.33. The lowest BCUT2D eigenvalue weighted by molar-refractivity contribution is -0.140. The number of anilines is 1. The fraction of sp³-hybridized carbons (Fsp3) is 0.310. The van der Waals surface area contributed by atoms with Crippen LogP contribution >= 0.6 is 11.6 Å². The van der Waals surface area contributed by atoms with Gasteiger partial charge in [0, 0.05) is 24.5 Å². The van der Waals surface area contributed by atoms with Crippen molar-refractivity contribution in [3.05, 3.63) is 100 Å². The average molecular weight is 556 g/mol. The topological polar surface area (TPSA) is 86.8 Å². The van der Waals surface area contributed by atoms with Gasteiger partial charge in [0.15, 0.2) is 0 Å². The predicted molar refractivity (Wildman–Crippen MR) is 153 cm³/mol. The van der Waals surface area contributed by atoms with E-state index in [4.69, 9.17) is 11.6 Å². The quantitative estimate of drug-likeness (QED) is 0.377. The second-order valence-corrected chi connectivity index (χ2v) is 11.6. The van der Waals surface area contributed by atoms with Gasteiger partial charge in [-0.1, -0.05) is 77.8 Å². The van der Waals surface area contributed by atoms with Crippen LogP contribution in [0, 0.1) is 13.8 Å². The molecule has 0 unspecified atom stereocenters. The number of amides is 2. The maximum atomic E-state index is 14.0. The summed E-state index contributed by atoms with van der Waals surface area (Å²) in [7, 11) is -3.85. The molecule has 1 atom stereocenters. The Kier molecular flexibility index (Phi) is 9.94. The van der Waals surface area contributed by atoms with E-state index in [0.717, 1.165) is 27.3 Å². The highest BCUT2D eigenvalue weighted by Gasteiger charge is 2.33. The number of nitrogens with one attached hydrogen (secondary N) is 1. The zero-order chi connectivity index (χ0) is 27.9. The van der Waals surface area contributed by atoms with Gasteiger partial charge in [0.25, 0.3) is 0 Å². The Bertz CT molecular complexity index is 1380. The number of carbonyl (C=O) groups is 2. The summed E-state index contributed by atoms with van der Waals surface area (Å²) in [5.41, 5.74) is 3.60. The largest absolute Gasteiger partial charge is 0.355 e. The Morgan fingerprint density at radius 1 is 0.947 bits per heavy atom. The molecule has 3 rings (SSSR count). The Hall–Kier alpha value is -3.36. The standard InChI is InChI=1S/C29H34ClN3O4S/c1-5-31-29(35)27(18-23-12-7-6-8-13-23)32(19-24-14-9-11-21(2)17-24)28(34)20-33(38(4,36)37)26-16-10-15-25(30)22(26)3/h6-17,27H,5,18-20H2,1-4H3,(H,31,35)/t27-/m1/s1. The maximum absolute atomic E-state index is 14.0. The lowest BCUT2D eigenvalue weighted by Crippen LogP contribution is -2.53. The molecular weight excluding hydrogens is 522 g/mol. The summed E-state index contributed by atoms with van der Waals surface area (Å²) < 4.78 is 26.8. The van der Waals surface area contributed by atoms with Crippen LogP contribution in [0.1, 0.15) is 29.2 Å². The number of hydrogen-bond donors (Lipinski definition) is 1. The predicted octanol–water partition coefficient (Wildman–Crippen LogP) is 4.50. The third-order valence-electron chi connectivity index (χ3n) is 6.24. The SMILES string of the molecule is CCNC(=O)[C@@H](Cc1ccccc1)N(Cc1cccc(C)c1)C(=O)CN(c1cccc(Cl)c1C)S(C)(=O)=O. The van der Waals surface area contributed by atoms with Crippen molar-refractivity contribution in [2.45, 2.75) is 39.8 Å². The van der Waals surface area contributed by atoms with E-state index in [2.05, 4.69) is 5.32 Å². The van der Waals surface area contributed by atoms with Crippen LogP contribution in [-0.2, 0) is 32.6 Å². The van der Waals surface area contributed by atoms with Crippen LogP contribution in [0.3, 0.4) is 0 Å². The first kappa shape index (κ1) is 29.2. The van der Waals surface area contributed by atoms with Crippen LogP contribution in [0.15, 0.2) is 72.8 Å². The van der Waals surface area contributed by atoms with Crippen LogP contribution < -0.4 is 9.62 Å². The molecule has 0 spiro atoms. The van der Waals surface area contributed by atoms with Gasteiger partial charge in [0.2, 0.25) is 21.8 Å². The fourth-order valence-corrected chi connectivity index (χ4v) is 5.38. The molecule has 9 heteroatoms. The van der Waals surface area contributed by atoms with Crippen molar-refractivity contribution in [3.63, 3.8) is 0 Å². The van der Waals surface area contributed by atoms with E-state index in [1.807, 2.05) is 68.4 Å². The normalized spacial score (nSPS) is 12.0. The summed E-state index contributed by atoms with van der Waals surface area (Å²) in [5.74, 6) is -0.800. The van der Waals surface area contributed by atoms with Crippen molar-refractivity contribution >= 4 is 39.1 Å². The van der Waals surface area contributed by atoms with Crippen molar-refractivity contribution in [1.82, 2.24) is 10.2 Å². The molecule has 2 amide bonds. The van der Waals surface area contributed by atoms with E-state index >= 15 is 0 Å². The minimum absolute atomic E-state index is 0.140. The summed E-state index contributed by atoms with van der Waals surface area (Å²) in [4.78, 5) is 28.8. The Labute approximate surface area is 230 Å². The summed E-state index contributed by atoms with van der Waals surface area (Å²) in [5, 5.41) is 3.24. The van der Waals surface area contributed by atoms with Gasteiger partial charge in [-0.05, 0) is 49.6 Å². The second-order valence-electron chi connectivity index (χ2n) is 9.26. The number of benzene rings is 3. The number of aryl methyl sites for hydroxylation is 1. The van der Waals surface area contributed by atoms with Gasteiger partial charge in [0.05, 0.1) is 11.9 Å². The summed E-state index contributed by atoms with van der Waals surface area (Å²) >= 11 is 6.28. The third-order valence-corrected chi connectivity index (χ3v) is 7.78. The van der Waals surface area contributed by atoms with Gasteiger partial charge in [-0.15, -0.1) is 0 Å². The number of hydrogen-bond acceptors (Lipinski definition) is 4. The van der Waals surface area contributed by atoms with Gasteiger partial charge in [-0.25, -0.2) is 8.42 Å². The van der Waals surface area contributed by atoms with Crippen LogP contribution in [0.4, 0.5) is 5.69 Å². The Balaban J connectivity index is 2.07. The number of carbonyl (C=O) groups excluding carboxylic acids is 2. The maximum Gasteiger partial charge on any atom is 0.244 e. The summed E-state index contributed by atoms with van der Waals surface area (Å²) in [6.07, 6.45) is 1.33. The molecule has 0 aliphatic heterocycles.